The largest absolute Gasteiger partial charge is 0.353 e. The molecule has 2 aromatic rings. The van der Waals surface area contributed by atoms with Gasteiger partial charge in [0.15, 0.2) is 5.82 Å². The summed E-state index contributed by atoms with van der Waals surface area (Å²) in [5.74, 6) is 2.75. The molecule has 0 N–H and O–H groups in total. The first-order valence-electron chi connectivity index (χ1n) is 6.72. The number of aromatic nitrogens is 2. The van der Waals surface area contributed by atoms with Gasteiger partial charge in [0.05, 0.1) is 11.6 Å². The second kappa shape index (κ2) is 5.63. The molecule has 3 nitrogen and oxygen atoms in total. The molecule has 0 radical (unpaired) electrons. The second-order valence-electron chi connectivity index (χ2n) is 4.79. The third kappa shape index (κ3) is 2.43. The van der Waals surface area contributed by atoms with Gasteiger partial charge in [0.2, 0.25) is 0 Å². The van der Waals surface area contributed by atoms with Crippen LogP contribution in [-0.2, 0) is 5.88 Å². The van der Waals surface area contributed by atoms with Gasteiger partial charge >= 0.3 is 0 Å². The summed E-state index contributed by atoms with van der Waals surface area (Å²) in [5.41, 5.74) is 2.10. The van der Waals surface area contributed by atoms with Gasteiger partial charge in [0.25, 0.3) is 0 Å². The predicted molar refractivity (Wildman–Crippen MR) is 83.5 cm³/mol. The monoisotopic (exact) mass is 295 g/mol. The highest BCUT2D eigenvalue weighted by atomic mass is 35.5. The van der Waals surface area contributed by atoms with Crippen LogP contribution in [0.1, 0.15) is 19.0 Å². The first-order chi connectivity index (χ1) is 9.33. The maximum absolute atomic E-state index is 6.15. The Morgan fingerprint density at radius 1 is 1.47 bits per heavy atom. The van der Waals surface area contributed by atoms with E-state index < -0.39 is 0 Å². The van der Waals surface area contributed by atoms with Gasteiger partial charge in [0, 0.05) is 30.3 Å². The first kappa shape index (κ1) is 13.1. The SMILES string of the molecule is CCC1CN(c2nc3ccccn3c2CCl)CCS1. The lowest BCUT2D eigenvalue weighted by Crippen LogP contribution is -2.38. The number of pyridine rings is 1. The molecule has 3 rings (SSSR count). The molecule has 0 saturated carbocycles. The van der Waals surface area contributed by atoms with Gasteiger partial charge < -0.3 is 9.30 Å². The standard InChI is InChI=1S/C14H18ClN3S/c1-2-11-10-17(7-8-19-11)14-12(9-15)18-6-4-3-5-13(18)16-14/h3-6,11H,2,7-10H2,1H3. The van der Waals surface area contributed by atoms with Crippen molar-refractivity contribution in [3.63, 3.8) is 0 Å². The Bertz CT molecular complexity index is 569. The molecule has 0 aliphatic carbocycles. The molecule has 1 atom stereocenters. The number of rotatable bonds is 3. The third-order valence-electron chi connectivity index (χ3n) is 3.63. The van der Waals surface area contributed by atoms with Crippen molar-refractivity contribution in [1.82, 2.24) is 9.38 Å². The highest BCUT2D eigenvalue weighted by Crippen LogP contribution is 2.29. The molecule has 1 saturated heterocycles. The molecule has 0 aromatic carbocycles. The Hall–Kier alpha value is -0.870. The van der Waals surface area contributed by atoms with E-state index in [9.17, 15) is 0 Å². The molecular formula is C14H18ClN3S. The fourth-order valence-electron chi connectivity index (χ4n) is 2.57. The summed E-state index contributed by atoms with van der Waals surface area (Å²) in [6.07, 6.45) is 3.25. The molecule has 0 amide bonds. The van der Waals surface area contributed by atoms with Crippen LogP contribution in [0, 0.1) is 0 Å². The smallest absolute Gasteiger partial charge is 0.152 e. The van der Waals surface area contributed by atoms with Crippen molar-refractivity contribution < 1.29 is 0 Å². The Kier molecular flexibility index (Phi) is 3.89. The quantitative estimate of drug-likeness (QED) is 0.810. The average Bonchev–Trinajstić information content (AvgIpc) is 2.86. The molecule has 1 aliphatic rings. The maximum atomic E-state index is 6.15. The molecule has 1 unspecified atom stereocenters. The Morgan fingerprint density at radius 2 is 2.37 bits per heavy atom. The van der Waals surface area contributed by atoms with Gasteiger partial charge in [-0.15, -0.1) is 11.6 Å². The Labute approximate surface area is 123 Å². The number of anilines is 1. The fourth-order valence-corrected chi connectivity index (χ4v) is 4.00. The fraction of sp³-hybridized carbons (Fsp3) is 0.500. The molecule has 1 fully saturated rings. The lowest BCUT2D eigenvalue weighted by molar-refractivity contribution is 0.719. The zero-order chi connectivity index (χ0) is 13.2. The van der Waals surface area contributed by atoms with E-state index in [1.807, 2.05) is 24.4 Å². The van der Waals surface area contributed by atoms with Crippen LogP contribution in [-0.4, -0.2) is 33.5 Å². The van der Waals surface area contributed by atoms with Gasteiger partial charge in [-0.1, -0.05) is 13.0 Å². The lowest BCUT2D eigenvalue weighted by Gasteiger charge is -2.32. The predicted octanol–water partition coefficient (Wildman–Crippen LogP) is 3.40. The summed E-state index contributed by atoms with van der Waals surface area (Å²) < 4.78 is 2.10. The van der Waals surface area contributed by atoms with Crippen LogP contribution in [0.15, 0.2) is 24.4 Å². The summed E-state index contributed by atoms with van der Waals surface area (Å²) in [6, 6.07) is 6.08. The number of hydrogen-bond donors (Lipinski definition) is 0. The van der Waals surface area contributed by atoms with Crippen LogP contribution in [0.5, 0.6) is 0 Å². The highest BCUT2D eigenvalue weighted by Gasteiger charge is 2.23. The van der Waals surface area contributed by atoms with E-state index in [4.69, 9.17) is 16.6 Å². The van der Waals surface area contributed by atoms with Crippen molar-refractivity contribution in [1.29, 1.82) is 0 Å². The molecule has 3 heterocycles. The van der Waals surface area contributed by atoms with Gasteiger partial charge in [-0.25, -0.2) is 4.98 Å². The molecule has 0 bridgehead atoms. The molecule has 0 spiro atoms. The first-order valence-corrected chi connectivity index (χ1v) is 8.30. The Balaban J connectivity index is 1.99. The summed E-state index contributed by atoms with van der Waals surface area (Å²) in [5, 5.41) is 0.710. The number of halogens is 1. The van der Waals surface area contributed by atoms with E-state index in [2.05, 4.69) is 28.0 Å². The third-order valence-corrected chi connectivity index (χ3v) is 5.25. The summed E-state index contributed by atoms with van der Waals surface area (Å²) in [6.45, 7) is 4.40. The van der Waals surface area contributed by atoms with Crippen LogP contribution in [0.25, 0.3) is 5.65 Å². The van der Waals surface area contributed by atoms with E-state index in [0.717, 1.165) is 30.2 Å². The molecule has 19 heavy (non-hydrogen) atoms. The van der Waals surface area contributed by atoms with E-state index in [1.165, 1.54) is 12.2 Å². The number of imidazole rings is 1. The Morgan fingerprint density at radius 3 is 3.16 bits per heavy atom. The van der Waals surface area contributed by atoms with Crippen molar-refractivity contribution in [2.45, 2.75) is 24.5 Å². The highest BCUT2D eigenvalue weighted by molar-refractivity contribution is 8.00. The van der Waals surface area contributed by atoms with Crippen molar-refractivity contribution >= 4 is 34.8 Å². The summed E-state index contributed by atoms with van der Waals surface area (Å²) in [7, 11) is 0. The van der Waals surface area contributed by atoms with Gasteiger partial charge in [-0.3, -0.25) is 0 Å². The van der Waals surface area contributed by atoms with Crippen LogP contribution in [0.4, 0.5) is 5.82 Å². The molecular weight excluding hydrogens is 278 g/mol. The minimum absolute atomic E-state index is 0.501. The molecule has 102 valence electrons. The van der Waals surface area contributed by atoms with E-state index in [1.54, 1.807) is 0 Å². The summed E-state index contributed by atoms with van der Waals surface area (Å²) in [4.78, 5) is 7.17. The minimum atomic E-state index is 0.501. The van der Waals surface area contributed by atoms with Crippen LogP contribution in [0.3, 0.4) is 0 Å². The van der Waals surface area contributed by atoms with Crippen LogP contribution < -0.4 is 4.90 Å². The van der Waals surface area contributed by atoms with Crippen molar-refractivity contribution in [2.75, 3.05) is 23.7 Å². The van der Waals surface area contributed by atoms with Gasteiger partial charge in [-0.2, -0.15) is 11.8 Å². The van der Waals surface area contributed by atoms with Crippen LogP contribution in [0.2, 0.25) is 0 Å². The normalized spacial score (nSPS) is 20.1. The van der Waals surface area contributed by atoms with Crippen molar-refractivity contribution in [3.8, 4) is 0 Å². The number of hydrogen-bond acceptors (Lipinski definition) is 3. The molecule has 2 aromatic heterocycles. The van der Waals surface area contributed by atoms with Crippen molar-refractivity contribution in [3.05, 3.63) is 30.1 Å². The summed E-state index contributed by atoms with van der Waals surface area (Å²) >= 11 is 8.22. The number of nitrogens with zero attached hydrogens (tertiary/aromatic N) is 3. The second-order valence-corrected chi connectivity index (χ2v) is 6.47. The number of thioether (sulfide) groups is 1. The van der Waals surface area contributed by atoms with E-state index in [0.29, 0.717) is 11.1 Å². The van der Waals surface area contributed by atoms with E-state index in [-0.39, 0.29) is 0 Å². The number of fused-ring (bicyclic) bond motifs is 1. The molecule has 1 aliphatic heterocycles. The lowest BCUT2D eigenvalue weighted by atomic mass is 10.3. The maximum Gasteiger partial charge on any atom is 0.152 e. The minimum Gasteiger partial charge on any atom is -0.353 e. The van der Waals surface area contributed by atoms with Crippen molar-refractivity contribution in [2.24, 2.45) is 0 Å². The zero-order valence-corrected chi connectivity index (χ0v) is 12.6. The number of alkyl halides is 1. The van der Waals surface area contributed by atoms with E-state index >= 15 is 0 Å². The molecule has 5 heteroatoms. The topological polar surface area (TPSA) is 20.5 Å². The van der Waals surface area contributed by atoms with Gasteiger partial charge in [0.1, 0.15) is 5.65 Å². The average molecular weight is 296 g/mol. The van der Waals surface area contributed by atoms with Crippen LogP contribution >= 0.6 is 23.4 Å². The zero-order valence-electron chi connectivity index (χ0n) is 11.1. The van der Waals surface area contributed by atoms with Gasteiger partial charge in [-0.05, 0) is 18.6 Å².